The largest absolute Gasteiger partial charge is 0.494 e. The van der Waals surface area contributed by atoms with Crippen LogP contribution in [0.5, 0.6) is 5.75 Å². The minimum atomic E-state index is -0.456. The Bertz CT molecular complexity index is 699. The van der Waals surface area contributed by atoms with Crippen molar-refractivity contribution < 1.29 is 19.1 Å². The van der Waals surface area contributed by atoms with E-state index >= 15 is 0 Å². The molecule has 0 N–H and O–H groups in total. The number of Topliss-reactive ketones (excluding diaryl/α,β-unsaturated/α-hetero) is 1. The number of rotatable bonds is 7. The van der Waals surface area contributed by atoms with Gasteiger partial charge in [0.25, 0.3) is 0 Å². The van der Waals surface area contributed by atoms with E-state index in [0.717, 1.165) is 43.7 Å². The molecule has 1 aliphatic heterocycles. The molecule has 6 nitrogen and oxygen atoms in total. The van der Waals surface area contributed by atoms with Gasteiger partial charge in [-0.3, -0.25) is 9.69 Å². The summed E-state index contributed by atoms with van der Waals surface area (Å²) in [5.41, 5.74) is 0.332. The summed E-state index contributed by atoms with van der Waals surface area (Å²) in [6.07, 6.45) is 2.74. The Morgan fingerprint density at radius 3 is 2.24 bits per heavy atom. The van der Waals surface area contributed by atoms with Crippen LogP contribution in [0.3, 0.4) is 0 Å². The van der Waals surface area contributed by atoms with Gasteiger partial charge in [-0.25, -0.2) is 4.79 Å². The third-order valence-electron chi connectivity index (χ3n) is 5.48. The van der Waals surface area contributed by atoms with Crippen molar-refractivity contribution >= 4 is 11.9 Å². The zero-order chi connectivity index (χ0) is 21.0. The van der Waals surface area contributed by atoms with Crippen LogP contribution in [0.4, 0.5) is 4.79 Å². The molecule has 0 aromatic heterocycles. The number of carbonyl (C=O) groups excluding carboxylic acids is 2. The van der Waals surface area contributed by atoms with Gasteiger partial charge in [-0.2, -0.15) is 0 Å². The molecule has 1 aromatic carbocycles. The first kappa shape index (κ1) is 21.6. The Morgan fingerprint density at radius 2 is 1.69 bits per heavy atom. The number of hydrogen-bond donors (Lipinski definition) is 0. The molecule has 160 valence electrons. The predicted octanol–water partition coefficient (Wildman–Crippen LogP) is 3.99. The number of ether oxygens (including phenoxy) is 2. The summed E-state index contributed by atoms with van der Waals surface area (Å²) in [7, 11) is 0. The third-order valence-corrected chi connectivity index (χ3v) is 5.48. The molecule has 0 spiro atoms. The van der Waals surface area contributed by atoms with E-state index in [1.807, 2.05) is 45.0 Å². The molecule has 3 rings (SSSR count). The lowest BCUT2D eigenvalue weighted by Gasteiger charge is -2.38. The van der Waals surface area contributed by atoms with E-state index in [0.29, 0.717) is 25.7 Å². The van der Waals surface area contributed by atoms with Crippen molar-refractivity contribution in [2.24, 2.45) is 5.92 Å². The van der Waals surface area contributed by atoms with Gasteiger partial charge in [-0.05, 0) is 71.2 Å². The van der Waals surface area contributed by atoms with Gasteiger partial charge in [-0.1, -0.05) is 0 Å². The second-order valence-electron chi connectivity index (χ2n) is 9.15. The van der Waals surface area contributed by atoms with Gasteiger partial charge < -0.3 is 14.4 Å². The third kappa shape index (κ3) is 6.46. The van der Waals surface area contributed by atoms with E-state index < -0.39 is 5.60 Å². The number of benzene rings is 1. The minimum absolute atomic E-state index is 0.225. The number of ketones is 1. The van der Waals surface area contributed by atoms with Gasteiger partial charge in [-0.15, -0.1) is 0 Å². The van der Waals surface area contributed by atoms with Crippen LogP contribution >= 0.6 is 0 Å². The lowest BCUT2D eigenvalue weighted by atomic mass is 10.1. The molecular weight excluding hydrogens is 368 g/mol. The predicted molar refractivity (Wildman–Crippen MR) is 112 cm³/mol. The van der Waals surface area contributed by atoms with Crippen molar-refractivity contribution in [1.82, 2.24) is 9.80 Å². The van der Waals surface area contributed by atoms with Gasteiger partial charge >= 0.3 is 6.09 Å². The van der Waals surface area contributed by atoms with E-state index in [1.54, 1.807) is 4.90 Å². The SMILES string of the molecule is C[C@@H](CCOc1ccc(C(=O)C2CC2)cc1)N1CCN(C(=O)OC(C)(C)C)CC1. The number of carbonyl (C=O) groups is 2. The smallest absolute Gasteiger partial charge is 0.410 e. The zero-order valence-electron chi connectivity index (χ0n) is 18.1. The van der Waals surface area contributed by atoms with Gasteiger partial charge in [0.15, 0.2) is 5.78 Å². The summed E-state index contributed by atoms with van der Waals surface area (Å²) in [5, 5.41) is 0. The highest BCUT2D eigenvalue weighted by atomic mass is 16.6. The van der Waals surface area contributed by atoms with Crippen molar-refractivity contribution in [1.29, 1.82) is 0 Å². The van der Waals surface area contributed by atoms with Crippen molar-refractivity contribution in [2.75, 3.05) is 32.8 Å². The fraction of sp³-hybridized carbons (Fsp3) is 0.652. The van der Waals surface area contributed by atoms with E-state index in [-0.39, 0.29) is 17.8 Å². The maximum atomic E-state index is 12.2. The molecule has 1 saturated carbocycles. The van der Waals surface area contributed by atoms with Crippen LogP contribution in [0.1, 0.15) is 57.3 Å². The molecule has 1 aromatic rings. The molecule has 6 heteroatoms. The van der Waals surface area contributed by atoms with Gasteiger partial charge in [0.1, 0.15) is 11.4 Å². The number of amides is 1. The maximum absolute atomic E-state index is 12.2. The Balaban J connectivity index is 1.36. The van der Waals surface area contributed by atoms with Crippen LogP contribution in [0.2, 0.25) is 0 Å². The molecule has 1 heterocycles. The highest BCUT2D eigenvalue weighted by Crippen LogP contribution is 2.32. The lowest BCUT2D eigenvalue weighted by molar-refractivity contribution is 0.0101. The quantitative estimate of drug-likeness (QED) is 0.646. The molecule has 1 amide bonds. The Morgan fingerprint density at radius 1 is 1.07 bits per heavy atom. The van der Waals surface area contributed by atoms with E-state index in [1.165, 1.54) is 0 Å². The molecule has 0 radical (unpaired) electrons. The minimum Gasteiger partial charge on any atom is -0.494 e. The summed E-state index contributed by atoms with van der Waals surface area (Å²) >= 11 is 0. The summed E-state index contributed by atoms with van der Waals surface area (Å²) in [6.45, 7) is 11.6. The zero-order valence-corrected chi connectivity index (χ0v) is 18.1. The Hall–Kier alpha value is -2.08. The monoisotopic (exact) mass is 402 g/mol. The van der Waals surface area contributed by atoms with Crippen LogP contribution in [-0.2, 0) is 4.74 Å². The first-order valence-corrected chi connectivity index (χ1v) is 10.7. The number of nitrogens with zero attached hydrogens (tertiary/aromatic N) is 2. The first-order chi connectivity index (χ1) is 13.7. The van der Waals surface area contributed by atoms with Crippen LogP contribution in [0.15, 0.2) is 24.3 Å². The Labute approximate surface area is 174 Å². The molecular formula is C23H34N2O4. The van der Waals surface area contributed by atoms with Gasteiger partial charge in [0, 0.05) is 43.7 Å². The molecule has 2 aliphatic rings. The average molecular weight is 403 g/mol. The van der Waals surface area contributed by atoms with Crippen molar-refractivity contribution in [3.63, 3.8) is 0 Å². The summed E-state index contributed by atoms with van der Waals surface area (Å²) in [6, 6.07) is 7.90. The normalized spacial score (nSPS) is 19.0. The van der Waals surface area contributed by atoms with Gasteiger partial charge in [0.2, 0.25) is 0 Å². The van der Waals surface area contributed by atoms with Crippen molar-refractivity contribution in [2.45, 2.75) is 58.6 Å². The molecule has 0 unspecified atom stereocenters. The number of piperazine rings is 1. The average Bonchev–Trinajstić information content (AvgIpc) is 3.52. The Kier molecular flexibility index (Phi) is 6.83. The van der Waals surface area contributed by atoms with E-state index in [9.17, 15) is 9.59 Å². The van der Waals surface area contributed by atoms with Crippen molar-refractivity contribution in [3.8, 4) is 5.75 Å². The second kappa shape index (κ2) is 9.16. The molecule has 29 heavy (non-hydrogen) atoms. The fourth-order valence-corrected chi connectivity index (χ4v) is 3.50. The summed E-state index contributed by atoms with van der Waals surface area (Å²) in [4.78, 5) is 28.4. The summed E-state index contributed by atoms with van der Waals surface area (Å²) in [5.74, 6) is 1.31. The summed E-state index contributed by atoms with van der Waals surface area (Å²) < 4.78 is 11.3. The van der Waals surface area contributed by atoms with E-state index in [4.69, 9.17) is 9.47 Å². The molecule has 1 atom stereocenters. The van der Waals surface area contributed by atoms with Crippen LogP contribution < -0.4 is 4.74 Å². The van der Waals surface area contributed by atoms with Crippen LogP contribution in [0.25, 0.3) is 0 Å². The fourth-order valence-electron chi connectivity index (χ4n) is 3.50. The standard InChI is InChI=1S/C23H34N2O4/c1-17(24-12-14-25(15-13-24)22(27)29-23(2,3)4)11-16-28-20-9-7-19(8-10-20)21(26)18-5-6-18/h7-10,17-18H,5-6,11-16H2,1-4H3/t17-/m0/s1. The number of hydrogen-bond acceptors (Lipinski definition) is 5. The molecule has 0 bridgehead atoms. The van der Waals surface area contributed by atoms with Crippen molar-refractivity contribution in [3.05, 3.63) is 29.8 Å². The van der Waals surface area contributed by atoms with Crippen LogP contribution in [0, 0.1) is 5.92 Å². The maximum Gasteiger partial charge on any atom is 0.410 e. The lowest BCUT2D eigenvalue weighted by Crippen LogP contribution is -2.52. The second-order valence-corrected chi connectivity index (χ2v) is 9.15. The van der Waals surface area contributed by atoms with E-state index in [2.05, 4.69) is 11.8 Å². The molecule has 2 fully saturated rings. The molecule has 1 saturated heterocycles. The van der Waals surface area contributed by atoms with Crippen LogP contribution in [-0.4, -0.2) is 66.1 Å². The van der Waals surface area contributed by atoms with Gasteiger partial charge in [0.05, 0.1) is 6.61 Å². The topological polar surface area (TPSA) is 59.1 Å². The first-order valence-electron chi connectivity index (χ1n) is 10.7. The molecule has 1 aliphatic carbocycles. The highest BCUT2D eigenvalue weighted by Gasteiger charge is 2.30. The highest BCUT2D eigenvalue weighted by molar-refractivity contribution is 5.99.